The summed E-state index contributed by atoms with van der Waals surface area (Å²) in [5.41, 5.74) is 0.425. The molecule has 0 saturated heterocycles. The Balaban J connectivity index is 2.88. The minimum absolute atomic E-state index is 0.105. The molecule has 0 radical (unpaired) electrons. The van der Waals surface area contributed by atoms with Crippen molar-refractivity contribution in [1.82, 2.24) is 0 Å². The van der Waals surface area contributed by atoms with Crippen LogP contribution in [0.2, 0.25) is 0 Å². The molecular formula is C9H16N2O. The lowest BCUT2D eigenvalue weighted by Crippen LogP contribution is -2.19. The Kier molecular flexibility index (Phi) is 2.08. The van der Waals surface area contributed by atoms with Crippen molar-refractivity contribution in [2.45, 2.75) is 33.2 Å². The van der Waals surface area contributed by atoms with Crippen molar-refractivity contribution in [2.75, 3.05) is 6.61 Å². The summed E-state index contributed by atoms with van der Waals surface area (Å²) in [4.78, 5) is 0. The maximum absolute atomic E-state index is 9.08. The van der Waals surface area contributed by atoms with Crippen LogP contribution in [0.1, 0.15) is 27.7 Å². The highest BCUT2D eigenvalue weighted by atomic mass is 16.3. The highest BCUT2D eigenvalue weighted by Crippen LogP contribution is 2.34. The fourth-order valence-corrected chi connectivity index (χ4v) is 0.987. The maximum Gasteiger partial charge on any atom is 0.0965 e. The van der Waals surface area contributed by atoms with Crippen LogP contribution in [0, 0.1) is 5.41 Å². The standard InChI is InChI=1S/C9H16N2O/c1-8(2,6-12)7-5-9(3,4)11-10-7/h5,12H,6H2,1-4H3. The molecule has 0 spiro atoms. The van der Waals surface area contributed by atoms with Crippen molar-refractivity contribution in [3.63, 3.8) is 0 Å². The van der Waals surface area contributed by atoms with Gasteiger partial charge in [0.2, 0.25) is 0 Å². The van der Waals surface area contributed by atoms with Gasteiger partial charge in [0.1, 0.15) is 0 Å². The molecule has 0 fully saturated rings. The van der Waals surface area contributed by atoms with Crippen LogP contribution in [-0.2, 0) is 0 Å². The highest BCUT2D eigenvalue weighted by Gasteiger charge is 2.30. The number of rotatable bonds is 2. The maximum atomic E-state index is 9.08. The average molecular weight is 168 g/mol. The molecule has 0 atom stereocenters. The first-order valence-corrected chi connectivity index (χ1v) is 4.14. The van der Waals surface area contributed by atoms with E-state index in [1.54, 1.807) is 0 Å². The van der Waals surface area contributed by atoms with Crippen molar-refractivity contribution in [3.8, 4) is 0 Å². The zero-order valence-electron chi connectivity index (χ0n) is 8.13. The summed E-state index contributed by atoms with van der Waals surface area (Å²) in [7, 11) is 0. The summed E-state index contributed by atoms with van der Waals surface area (Å²) in [6.07, 6.45) is 2.00. The Morgan fingerprint density at radius 1 is 1.50 bits per heavy atom. The number of aliphatic hydroxyl groups is 1. The second kappa shape index (κ2) is 2.66. The lowest BCUT2D eigenvalue weighted by atomic mass is 9.88. The third-order valence-electron chi connectivity index (χ3n) is 1.99. The number of hydrogen-bond donors (Lipinski definition) is 1. The van der Waals surface area contributed by atoms with Gasteiger partial charge in [0.25, 0.3) is 0 Å². The smallest absolute Gasteiger partial charge is 0.0965 e. The lowest BCUT2D eigenvalue weighted by Gasteiger charge is -2.19. The summed E-state index contributed by atoms with van der Waals surface area (Å²) in [6.45, 7) is 8.01. The molecule has 1 heterocycles. The van der Waals surface area contributed by atoms with Gasteiger partial charge in [0.15, 0.2) is 0 Å². The van der Waals surface area contributed by atoms with Gasteiger partial charge < -0.3 is 5.11 Å². The number of hydrogen-bond acceptors (Lipinski definition) is 3. The van der Waals surface area contributed by atoms with Gasteiger partial charge in [0, 0.05) is 5.41 Å². The van der Waals surface area contributed by atoms with Gasteiger partial charge in [-0.05, 0) is 19.9 Å². The van der Waals surface area contributed by atoms with Crippen LogP contribution < -0.4 is 0 Å². The van der Waals surface area contributed by atoms with Crippen LogP contribution in [-0.4, -0.2) is 17.3 Å². The van der Waals surface area contributed by atoms with E-state index in [0.717, 1.165) is 5.70 Å². The summed E-state index contributed by atoms with van der Waals surface area (Å²) < 4.78 is 0. The zero-order chi connectivity index (χ0) is 9.41. The molecule has 3 heteroatoms. The van der Waals surface area contributed by atoms with E-state index in [9.17, 15) is 0 Å². The number of azo groups is 1. The van der Waals surface area contributed by atoms with E-state index in [4.69, 9.17) is 5.11 Å². The fourth-order valence-electron chi connectivity index (χ4n) is 0.987. The van der Waals surface area contributed by atoms with E-state index < -0.39 is 0 Å². The number of aliphatic hydroxyl groups excluding tert-OH is 1. The number of nitrogens with zero attached hydrogens (tertiary/aromatic N) is 2. The van der Waals surface area contributed by atoms with Gasteiger partial charge in [-0.2, -0.15) is 10.2 Å². The molecule has 0 aromatic rings. The second-order valence-electron chi connectivity index (χ2n) is 4.43. The van der Waals surface area contributed by atoms with E-state index in [1.807, 2.05) is 33.8 Å². The molecule has 0 aromatic heterocycles. The van der Waals surface area contributed by atoms with Crippen LogP contribution in [0.4, 0.5) is 0 Å². The molecule has 0 saturated carbocycles. The Morgan fingerprint density at radius 2 is 2.08 bits per heavy atom. The van der Waals surface area contributed by atoms with Crippen molar-refractivity contribution >= 4 is 0 Å². The first kappa shape index (κ1) is 9.39. The predicted molar refractivity (Wildman–Crippen MR) is 47.9 cm³/mol. The molecule has 12 heavy (non-hydrogen) atoms. The Bertz CT molecular complexity index is 239. The molecule has 0 amide bonds. The van der Waals surface area contributed by atoms with Gasteiger partial charge in [-0.1, -0.05) is 13.8 Å². The Hall–Kier alpha value is -0.700. The van der Waals surface area contributed by atoms with E-state index in [2.05, 4.69) is 10.2 Å². The van der Waals surface area contributed by atoms with Gasteiger partial charge in [-0.3, -0.25) is 0 Å². The molecule has 0 bridgehead atoms. The minimum Gasteiger partial charge on any atom is -0.395 e. The quantitative estimate of drug-likeness (QED) is 0.674. The van der Waals surface area contributed by atoms with Crippen molar-refractivity contribution < 1.29 is 5.11 Å². The monoisotopic (exact) mass is 168 g/mol. The van der Waals surface area contributed by atoms with E-state index in [1.165, 1.54) is 0 Å². The fraction of sp³-hybridized carbons (Fsp3) is 0.778. The minimum atomic E-state index is -0.267. The molecule has 0 aromatic carbocycles. The highest BCUT2D eigenvalue weighted by molar-refractivity contribution is 5.20. The van der Waals surface area contributed by atoms with E-state index in [-0.39, 0.29) is 17.6 Å². The summed E-state index contributed by atoms with van der Waals surface area (Å²) in [5, 5.41) is 17.2. The lowest BCUT2D eigenvalue weighted by molar-refractivity contribution is 0.188. The molecule has 1 aliphatic heterocycles. The summed E-state index contributed by atoms with van der Waals surface area (Å²) >= 11 is 0. The van der Waals surface area contributed by atoms with Crippen LogP contribution in [0.3, 0.4) is 0 Å². The zero-order valence-corrected chi connectivity index (χ0v) is 8.13. The van der Waals surface area contributed by atoms with Gasteiger partial charge in [-0.15, -0.1) is 0 Å². The van der Waals surface area contributed by atoms with Crippen molar-refractivity contribution in [2.24, 2.45) is 15.6 Å². The molecule has 1 N–H and O–H groups in total. The topological polar surface area (TPSA) is 45.0 Å². The van der Waals surface area contributed by atoms with Crippen LogP contribution in [0.25, 0.3) is 0 Å². The molecule has 68 valence electrons. The van der Waals surface area contributed by atoms with Crippen LogP contribution in [0.15, 0.2) is 22.0 Å². The first-order valence-electron chi connectivity index (χ1n) is 4.14. The average Bonchev–Trinajstić information content (AvgIpc) is 2.31. The predicted octanol–water partition coefficient (Wildman–Crippen LogP) is 2.13. The summed E-state index contributed by atoms with van der Waals surface area (Å²) in [5.74, 6) is 0. The van der Waals surface area contributed by atoms with Gasteiger partial charge >= 0.3 is 0 Å². The third-order valence-corrected chi connectivity index (χ3v) is 1.99. The third kappa shape index (κ3) is 1.72. The Labute approximate surface area is 73.2 Å². The molecule has 1 rings (SSSR count). The van der Waals surface area contributed by atoms with Crippen molar-refractivity contribution in [3.05, 3.63) is 11.8 Å². The largest absolute Gasteiger partial charge is 0.395 e. The van der Waals surface area contributed by atoms with Crippen LogP contribution >= 0.6 is 0 Å². The van der Waals surface area contributed by atoms with Gasteiger partial charge in [0.05, 0.1) is 17.8 Å². The molecule has 0 aliphatic carbocycles. The SMILES string of the molecule is CC1(C)C=C(C(C)(C)CO)N=N1. The molecule has 1 aliphatic rings. The van der Waals surface area contributed by atoms with E-state index in [0.29, 0.717) is 0 Å². The normalized spacial score (nSPS) is 21.2. The molecule has 0 unspecified atom stereocenters. The van der Waals surface area contributed by atoms with Crippen LogP contribution in [0.5, 0.6) is 0 Å². The van der Waals surface area contributed by atoms with Gasteiger partial charge in [-0.25, -0.2) is 0 Å². The first-order chi connectivity index (χ1) is 5.37. The van der Waals surface area contributed by atoms with Crippen molar-refractivity contribution in [1.29, 1.82) is 0 Å². The Morgan fingerprint density at radius 3 is 2.42 bits per heavy atom. The van der Waals surface area contributed by atoms with E-state index >= 15 is 0 Å². The molecule has 3 nitrogen and oxygen atoms in total. The summed E-state index contributed by atoms with van der Waals surface area (Å²) in [6, 6.07) is 0. The molecular weight excluding hydrogens is 152 g/mol. The second-order valence-corrected chi connectivity index (χ2v) is 4.43.